The number of hydrogen-bond donors (Lipinski definition) is 0. The molecule has 1 saturated heterocycles. The van der Waals surface area contributed by atoms with Gasteiger partial charge in [-0.3, -0.25) is 4.98 Å². The number of thiophene rings is 1. The van der Waals surface area contributed by atoms with Crippen molar-refractivity contribution < 1.29 is 13.2 Å². The van der Waals surface area contributed by atoms with E-state index in [1.165, 1.54) is 21.8 Å². The molecule has 1 fully saturated rings. The summed E-state index contributed by atoms with van der Waals surface area (Å²) in [6, 6.07) is 3.58. The van der Waals surface area contributed by atoms with Crippen LogP contribution >= 0.6 is 11.3 Å². The number of morpholine rings is 1. The summed E-state index contributed by atoms with van der Waals surface area (Å²) >= 11 is 1.49. The van der Waals surface area contributed by atoms with Gasteiger partial charge in [0.1, 0.15) is 4.90 Å². The van der Waals surface area contributed by atoms with Gasteiger partial charge in [-0.25, -0.2) is 8.42 Å². The maximum absolute atomic E-state index is 12.5. The molecule has 2 aromatic rings. The molecule has 3 rings (SSSR count). The standard InChI is InChI=1S/C12H14N2O3S2/c1-9-8-14(3-4-17-9)19(15,16)10-6-12-11(13-7-10)2-5-18-12/h2,5-7,9H,3-4,8H2,1H3. The van der Waals surface area contributed by atoms with E-state index in [0.717, 1.165) is 10.2 Å². The fourth-order valence-corrected chi connectivity index (χ4v) is 4.45. The van der Waals surface area contributed by atoms with Gasteiger partial charge in [0.25, 0.3) is 0 Å². The summed E-state index contributed by atoms with van der Waals surface area (Å²) in [4.78, 5) is 4.46. The molecule has 0 spiro atoms. The van der Waals surface area contributed by atoms with Crippen molar-refractivity contribution >= 4 is 31.6 Å². The zero-order valence-corrected chi connectivity index (χ0v) is 12.1. The molecule has 1 unspecified atom stereocenters. The van der Waals surface area contributed by atoms with Gasteiger partial charge in [0.2, 0.25) is 10.0 Å². The van der Waals surface area contributed by atoms with Crippen molar-refractivity contribution in [1.29, 1.82) is 0 Å². The highest BCUT2D eigenvalue weighted by Crippen LogP contribution is 2.24. The lowest BCUT2D eigenvalue weighted by Gasteiger charge is -2.30. The van der Waals surface area contributed by atoms with E-state index in [4.69, 9.17) is 4.74 Å². The Morgan fingerprint density at radius 2 is 2.37 bits per heavy atom. The van der Waals surface area contributed by atoms with Crippen LogP contribution in [0.3, 0.4) is 0 Å². The summed E-state index contributed by atoms with van der Waals surface area (Å²) in [5.74, 6) is 0. The maximum Gasteiger partial charge on any atom is 0.244 e. The average Bonchev–Trinajstić information content (AvgIpc) is 2.85. The molecule has 0 saturated carbocycles. The van der Waals surface area contributed by atoms with Gasteiger partial charge < -0.3 is 4.74 Å². The highest BCUT2D eigenvalue weighted by Gasteiger charge is 2.29. The Labute approximate surface area is 115 Å². The number of pyridine rings is 1. The molecule has 0 radical (unpaired) electrons. The van der Waals surface area contributed by atoms with E-state index in [-0.39, 0.29) is 11.0 Å². The van der Waals surface area contributed by atoms with Crippen LogP contribution in [0.1, 0.15) is 6.92 Å². The van der Waals surface area contributed by atoms with E-state index < -0.39 is 10.0 Å². The molecular formula is C12H14N2O3S2. The minimum atomic E-state index is -3.47. The van der Waals surface area contributed by atoms with Crippen molar-refractivity contribution in [1.82, 2.24) is 9.29 Å². The lowest BCUT2D eigenvalue weighted by Crippen LogP contribution is -2.44. The monoisotopic (exact) mass is 298 g/mol. The molecular weight excluding hydrogens is 284 g/mol. The molecule has 1 atom stereocenters. The topological polar surface area (TPSA) is 59.5 Å². The summed E-state index contributed by atoms with van der Waals surface area (Å²) in [7, 11) is -3.47. The molecule has 2 aromatic heterocycles. The van der Waals surface area contributed by atoms with Crippen LogP contribution in [0.15, 0.2) is 28.6 Å². The SMILES string of the molecule is CC1CN(S(=O)(=O)c2cnc3ccsc3c2)CCO1. The first-order chi connectivity index (χ1) is 9.07. The Hall–Kier alpha value is -1.02. The van der Waals surface area contributed by atoms with Crippen LogP contribution in [-0.2, 0) is 14.8 Å². The molecule has 0 amide bonds. The zero-order valence-electron chi connectivity index (χ0n) is 10.4. The molecule has 102 valence electrons. The Balaban J connectivity index is 1.98. The lowest BCUT2D eigenvalue weighted by atomic mass is 10.3. The fourth-order valence-electron chi connectivity index (χ4n) is 2.12. The van der Waals surface area contributed by atoms with Crippen LogP contribution in [0.2, 0.25) is 0 Å². The molecule has 0 aromatic carbocycles. The Morgan fingerprint density at radius 1 is 1.53 bits per heavy atom. The van der Waals surface area contributed by atoms with E-state index in [1.54, 1.807) is 6.07 Å². The molecule has 1 aliphatic rings. The Kier molecular flexibility index (Phi) is 3.30. The second-order valence-electron chi connectivity index (χ2n) is 4.52. The smallest absolute Gasteiger partial charge is 0.244 e. The quantitative estimate of drug-likeness (QED) is 0.847. The van der Waals surface area contributed by atoms with Gasteiger partial charge in [-0.2, -0.15) is 4.31 Å². The first-order valence-corrected chi connectivity index (χ1v) is 8.34. The number of fused-ring (bicyclic) bond motifs is 1. The van der Waals surface area contributed by atoms with Gasteiger partial charge in [-0.15, -0.1) is 11.3 Å². The minimum Gasteiger partial charge on any atom is -0.376 e. The molecule has 0 N–H and O–H groups in total. The van der Waals surface area contributed by atoms with Crippen LogP contribution in [0, 0.1) is 0 Å². The fraction of sp³-hybridized carbons (Fsp3) is 0.417. The van der Waals surface area contributed by atoms with E-state index in [9.17, 15) is 8.42 Å². The van der Waals surface area contributed by atoms with Crippen LogP contribution in [-0.4, -0.2) is 43.5 Å². The molecule has 3 heterocycles. The van der Waals surface area contributed by atoms with E-state index in [1.807, 2.05) is 18.4 Å². The number of nitrogens with zero attached hydrogens (tertiary/aromatic N) is 2. The molecule has 0 bridgehead atoms. The summed E-state index contributed by atoms with van der Waals surface area (Å²) in [6.07, 6.45) is 1.37. The van der Waals surface area contributed by atoms with Gasteiger partial charge in [-0.05, 0) is 24.4 Å². The van der Waals surface area contributed by atoms with E-state index in [2.05, 4.69) is 4.98 Å². The maximum atomic E-state index is 12.5. The third-order valence-electron chi connectivity index (χ3n) is 3.12. The second kappa shape index (κ2) is 4.82. The third kappa shape index (κ3) is 2.38. The van der Waals surface area contributed by atoms with Crippen LogP contribution in [0.5, 0.6) is 0 Å². The predicted octanol–water partition coefficient (Wildman–Crippen LogP) is 1.71. The van der Waals surface area contributed by atoms with Crippen molar-refractivity contribution in [2.24, 2.45) is 0 Å². The van der Waals surface area contributed by atoms with Gasteiger partial charge in [0, 0.05) is 19.3 Å². The van der Waals surface area contributed by atoms with E-state index in [0.29, 0.717) is 19.7 Å². The molecule has 7 heteroatoms. The van der Waals surface area contributed by atoms with Crippen LogP contribution < -0.4 is 0 Å². The minimum absolute atomic E-state index is 0.0676. The number of sulfonamides is 1. The Bertz CT molecular complexity index is 696. The number of aromatic nitrogens is 1. The van der Waals surface area contributed by atoms with Crippen molar-refractivity contribution in [3.63, 3.8) is 0 Å². The first kappa shape index (κ1) is 13.0. The zero-order chi connectivity index (χ0) is 13.5. The third-order valence-corrected chi connectivity index (χ3v) is 5.80. The van der Waals surface area contributed by atoms with Gasteiger partial charge in [0.15, 0.2) is 0 Å². The molecule has 1 aliphatic heterocycles. The lowest BCUT2D eigenvalue weighted by molar-refractivity contribution is 0.0102. The highest BCUT2D eigenvalue weighted by molar-refractivity contribution is 7.89. The van der Waals surface area contributed by atoms with Gasteiger partial charge >= 0.3 is 0 Å². The number of rotatable bonds is 2. The summed E-state index contributed by atoms with van der Waals surface area (Å²) < 4.78 is 32.8. The van der Waals surface area contributed by atoms with Crippen molar-refractivity contribution in [2.75, 3.05) is 19.7 Å². The van der Waals surface area contributed by atoms with Crippen LogP contribution in [0.25, 0.3) is 10.2 Å². The summed E-state index contributed by atoms with van der Waals surface area (Å²) in [6.45, 7) is 3.11. The predicted molar refractivity (Wildman–Crippen MR) is 73.8 cm³/mol. The Morgan fingerprint density at radius 3 is 3.16 bits per heavy atom. The largest absolute Gasteiger partial charge is 0.376 e. The molecule has 0 aliphatic carbocycles. The second-order valence-corrected chi connectivity index (χ2v) is 7.41. The molecule has 19 heavy (non-hydrogen) atoms. The molecule has 5 nitrogen and oxygen atoms in total. The highest BCUT2D eigenvalue weighted by atomic mass is 32.2. The summed E-state index contributed by atoms with van der Waals surface area (Å²) in [5, 5.41) is 1.91. The number of hydrogen-bond acceptors (Lipinski definition) is 5. The van der Waals surface area contributed by atoms with Crippen LogP contribution in [0.4, 0.5) is 0 Å². The van der Waals surface area contributed by atoms with E-state index >= 15 is 0 Å². The normalized spacial score (nSPS) is 21.8. The summed E-state index contributed by atoms with van der Waals surface area (Å²) in [5.41, 5.74) is 0.833. The van der Waals surface area contributed by atoms with Crippen molar-refractivity contribution in [3.05, 3.63) is 23.7 Å². The average molecular weight is 298 g/mol. The number of ether oxygens (including phenoxy) is 1. The van der Waals surface area contributed by atoms with Crippen molar-refractivity contribution in [2.45, 2.75) is 17.9 Å². The van der Waals surface area contributed by atoms with Gasteiger partial charge in [-0.1, -0.05) is 0 Å². The van der Waals surface area contributed by atoms with Gasteiger partial charge in [0.05, 0.1) is 22.9 Å². The first-order valence-electron chi connectivity index (χ1n) is 6.02. The van der Waals surface area contributed by atoms with Crippen molar-refractivity contribution in [3.8, 4) is 0 Å².